The highest BCUT2D eigenvalue weighted by molar-refractivity contribution is 9.10. The minimum absolute atomic E-state index is 0.147. The number of para-hydroxylation sites is 1. The number of aliphatic carboxylic acids is 1. The number of aromatic hydroxyl groups is 1. The number of carbonyl (C=O) groups is 2. The predicted octanol–water partition coefficient (Wildman–Crippen LogP) is 6.69. The zero-order valence-corrected chi connectivity index (χ0v) is 20.5. The van der Waals surface area contributed by atoms with Gasteiger partial charge >= 0.3 is 12.1 Å². The molecule has 0 bridgehead atoms. The van der Waals surface area contributed by atoms with E-state index in [1.807, 2.05) is 36.4 Å². The number of carboxylic acids is 1. The van der Waals surface area contributed by atoms with Gasteiger partial charge in [0, 0.05) is 21.5 Å². The lowest BCUT2D eigenvalue weighted by atomic mass is 10.0. The lowest BCUT2D eigenvalue weighted by Gasteiger charge is -2.27. The van der Waals surface area contributed by atoms with Crippen LogP contribution in [0.5, 0.6) is 11.5 Å². The molecule has 0 heterocycles. The van der Waals surface area contributed by atoms with Crippen LogP contribution in [-0.2, 0) is 9.53 Å². The number of anilines is 1. The molecule has 4 aromatic rings. The monoisotopic (exact) mass is 547 g/mol. The van der Waals surface area contributed by atoms with Gasteiger partial charge in [0.25, 0.3) is 0 Å². The van der Waals surface area contributed by atoms with Gasteiger partial charge in [-0.25, -0.2) is 9.59 Å². The number of fused-ring (bicyclic) bond motifs is 1. The SMILES string of the molecule is O=C(O)/C=C/[C@H](Oc1ccccc1)[C@@H](OC(=O)Nc1cccc2ccccc12)c1cc(Br)ccc1O. The van der Waals surface area contributed by atoms with Crippen LogP contribution < -0.4 is 10.1 Å². The van der Waals surface area contributed by atoms with Gasteiger partial charge in [0.2, 0.25) is 0 Å². The average molecular weight is 548 g/mol. The Morgan fingerprint density at radius 2 is 1.64 bits per heavy atom. The van der Waals surface area contributed by atoms with Crippen LogP contribution in [0.4, 0.5) is 10.5 Å². The second-order valence-corrected chi connectivity index (χ2v) is 8.69. The van der Waals surface area contributed by atoms with Crippen molar-refractivity contribution in [2.45, 2.75) is 12.2 Å². The van der Waals surface area contributed by atoms with Gasteiger partial charge in [-0.1, -0.05) is 70.5 Å². The lowest BCUT2D eigenvalue weighted by molar-refractivity contribution is -0.131. The number of carbonyl (C=O) groups excluding carboxylic acids is 1. The number of ether oxygens (including phenoxy) is 2. The number of amides is 1. The zero-order chi connectivity index (χ0) is 25.5. The molecule has 0 saturated heterocycles. The summed E-state index contributed by atoms with van der Waals surface area (Å²) in [7, 11) is 0. The zero-order valence-electron chi connectivity index (χ0n) is 18.9. The van der Waals surface area contributed by atoms with Crippen LogP contribution in [0.25, 0.3) is 10.8 Å². The van der Waals surface area contributed by atoms with Gasteiger partial charge in [0.15, 0.2) is 12.2 Å². The number of hydrogen-bond acceptors (Lipinski definition) is 5. The summed E-state index contributed by atoms with van der Waals surface area (Å²) in [4.78, 5) is 24.4. The first kappa shape index (κ1) is 24.8. The van der Waals surface area contributed by atoms with Crippen LogP contribution in [-0.4, -0.2) is 28.4 Å². The van der Waals surface area contributed by atoms with Crippen LogP contribution in [0.3, 0.4) is 0 Å². The number of phenols is 1. The van der Waals surface area contributed by atoms with E-state index >= 15 is 0 Å². The highest BCUT2D eigenvalue weighted by Crippen LogP contribution is 2.35. The van der Waals surface area contributed by atoms with Gasteiger partial charge in [0.05, 0.1) is 5.69 Å². The molecule has 8 heteroatoms. The Balaban J connectivity index is 1.70. The number of phenolic OH excluding ortho intramolecular Hbond substituents is 1. The van der Waals surface area contributed by atoms with Crippen molar-refractivity contribution >= 4 is 44.5 Å². The Bertz CT molecular complexity index is 1400. The van der Waals surface area contributed by atoms with Gasteiger partial charge in [-0.3, -0.25) is 5.32 Å². The molecule has 0 aliphatic heterocycles. The Hall–Kier alpha value is -4.30. The maximum absolute atomic E-state index is 13.1. The van der Waals surface area contributed by atoms with Crippen molar-refractivity contribution < 1.29 is 29.3 Å². The molecule has 4 aromatic carbocycles. The summed E-state index contributed by atoms with van der Waals surface area (Å²) in [5.74, 6) is -0.921. The average Bonchev–Trinajstić information content (AvgIpc) is 2.87. The van der Waals surface area contributed by atoms with E-state index in [1.165, 1.54) is 12.1 Å². The Morgan fingerprint density at radius 3 is 2.42 bits per heavy atom. The van der Waals surface area contributed by atoms with Crippen molar-refractivity contribution in [3.8, 4) is 11.5 Å². The standard InChI is InChI=1S/C28H22BrNO6/c29-19-13-14-24(31)22(17-19)27(25(15-16-26(32)33)35-20-9-2-1-3-10-20)36-28(34)30-23-12-6-8-18-7-4-5-11-21(18)23/h1-17,25,27,31H,(H,30,34)(H,32,33)/b16-15+/t25-,27-/m0/s1. The second kappa shape index (κ2) is 11.4. The molecule has 0 saturated carbocycles. The first-order chi connectivity index (χ1) is 17.4. The maximum Gasteiger partial charge on any atom is 0.412 e. The molecule has 0 fully saturated rings. The summed E-state index contributed by atoms with van der Waals surface area (Å²) in [5.41, 5.74) is 0.769. The Labute approximate surface area is 215 Å². The number of nitrogens with one attached hydrogen (secondary N) is 1. The number of hydrogen-bond donors (Lipinski definition) is 3. The van der Waals surface area contributed by atoms with Gasteiger partial charge in [-0.2, -0.15) is 0 Å². The minimum Gasteiger partial charge on any atom is -0.508 e. The van der Waals surface area contributed by atoms with E-state index in [4.69, 9.17) is 9.47 Å². The van der Waals surface area contributed by atoms with E-state index in [9.17, 15) is 19.8 Å². The largest absolute Gasteiger partial charge is 0.508 e. The van der Waals surface area contributed by atoms with Crippen molar-refractivity contribution in [1.82, 2.24) is 0 Å². The third kappa shape index (κ3) is 6.22. The third-order valence-corrected chi connectivity index (χ3v) is 5.79. The van der Waals surface area contributed by atoms with Gasteiger partial charge in [0.1, 0.15) is 11.5 Å². The fourth-order valence-electron chi connectivity index (χ4n) is 3.69. The molecule has 0 radical (unpaired) electrons. The molecular weight excluding hydrogens is 526 g/mol. The molecule has 3 N–H and O–H groups in total. The summed E-state index contributed by atoms with van der Waals surface area (Å²) in [5, 5.41) is 24.4. The van der Waals surface area contributed by atoms with Gasteiger partial charge in [-0.15, -0.1) is 0 Å². The molecule has 0 aliphatic carbocycles. The number of halogens is 1. The minimum atomic E-state index is -1.20. The fraction of sp³-hybridized carbons (Fsp3) is 0.0714. The number of rotatable bonds is 8. The number of carboxylic acid groups (broad SMARTS) is 1. The van der Waals surface area contributed by atoms with E-state index in [2.05, 4.69) is 21.2 Å². The smallest absolute Gasteiger partial charge is 0.412 e. The topological polar surface area (TPSA) is 105 Å². The summed E-state index contributed by atoms with van der Waals surface area (Å²) in [6.07, 6.45) is -0.913. The Kier molecular flexibility index (Phi) is 7.87. The predicted molar refractivity (Wildman–Crippen MR) is 140 cm³/mol. The van der Waals surface area contributed by atoms with E-state index in [0.717, 1.165) is 16.8 Å². The molecular formula is C28H22BrNO6. The summed E-state index contributed by atoms with van der Waals surface area (Å²) < 4.78 is 12.4. The molecule has 36 heavy (non-hydrogen) atoms. The van der Waals surface area contributed by atoms with Crippen LogP contribution in [0, 0.1) is 0 Å². The molecule has 4 rings (SSSR count). The molecule has 7 nitrogen and oxygen atoms in total. The maximum atomic E-state index is 13.1. The molecule has 0 unspecified atom stereocenters. The highest BCUT2D eigenvalue weighted by atomic mass is 79.9. The number of benzene rings is 4. The molecule has 2 atom stereocenters. The summed E-state index contributed by atoms with van der Waals surface area (Å²) in [6.45, 7) is 0. The van der Waals surface area contributed by atoms with Crippen molar-refractivity contribution in [2.24, 2.45) is 0 Å². The van der Waals surface area contributed by atoms with Crippen LogP contribution in [0.15, 0.2) is 108 Å². The van der Waals surface area contributed by atoms with Crippen molar-refractivity contribution in [3.63, 3.8) is 0 Å². The van der Waals surface area contributed by atoms with Crippen LogP contribution in [0.1, 0.15) is 11.7 Å². The first-order valence-electron chi connectivity index (χ1n) is 11.0. The first-order valence-corrected chi connectivity index (χ1v) is 11.8. The molecule has 0 aromatic heterocycles. The van der Waals surface area contributed by atoms with Crippen molar-refractivity contribution in [3.05, 3.63) is 113 Å². The van der Waals surface area contributed by atoms with E-state index in [1.54, 1.807) is 48.5 Å². The quantitative estimate of drug-likeness (QED) is 0.212. The van der Waals surface area contributed by atoms with Crippen LogP contribution in [0.2, 0.25) is 0 Å². The second-order valence-electron chi connectivity index (χ2n) is 7.77. The third-order valence-electron chi connectivity index (χ3n) is 5.30. The summed E-state index contributed by atoms with van der Waals surface area (Å²) in [6, 6.07) is 26.4. The van der Waals surface area contributed by atoms with Crippen LogP contribution >= 0.6 is 15.9 Å². The molecule has 0 spiro atoms. The highest BCUT2D eigenvalue weighted by Gasteiger charge is 2.30. The molecule has 0 aliphatic rings. The van der Waals surface area contributed by atoms with E-state index in [0.29, 0.717) is 15.9 Å². The molecule has 182 valence electrons. The normalized spacial score (nSPS) is 12.7. The van der Waals surface area contributed by atoms with E-state index in [-0.39, 0.29) is 11.3 Å². The lowest BCUT2D eigenvalue weighted by Crippen LogP contribution is -2.30. The fourth-order valence-corrected chi connectivity index (χ4v) is 4.06. The van der Waals surface area contributed by atoms with Crippen molar-refractivity contribution in [2.75, 3.05) is 5.32 Å². The van der Waals surface area contributed by atoms with Gasteiger partial charge in [-0.05, 0) is 47.9 Å². The van der Waals surface area contributed by atoms with E-state index < -0.39 is 24.3 Å². The molecule has 1 amide bonds. The summed E-state index contributed by atoms with van der Waals surface area (Å²) >= 11 is 3.37. The van der Waals surface area contributed by atoms with Gasteiger partial charge < -0.3 is 19.7 Å². The van der Waals surface area contributed by atoms with Crippen molar-refractivity contribution in [1.29, 1.82) is 0 Å². The Morgan fingerprint density at radius 1 is 0.917 bits per heavy atom.